The number of rotatable bonds is 3. The van der Waals surface area contributed by atoms with Crippen LogP contribution in [0.15, 0.2) is 140 Å². The van der Waals surface area contributed by atoms with Gasteiger partial charge in [-0.15, -0.1) is 0 Å². The Morgan fingerprint density at radius 2 is 1.07 bits per heavy atom. The van der Waals surface area contributed by atoms with Gasteiger partial charge in [0.1, 0.15) is 0 Å². The predicted molar refractivity (Wildman–Crippen MR) is 182 cm³/mol. The second-order valence-corrected chi connectivity index (χ2v) is 11.9. The monoisotopic (exact) mass is 550 g/mol. The van der Waals surface area contributed by atoms with Crippen molar-refractivity contribution in [3.05, 3.63) is 156 Å². The number of nitrogens with zero attached hydrogens (tertiary/aromatic N) is 2. The third-order valence-corrected chi connectivity index (χ3v) is 9.38. The number of hydrogen-bond donors (Lipinski definition) is 0. The van der Waals surface area contributed by atoms with Crippen LogP contribution in [0.25, 0.3) is 66.5 Å². The molecule has 0 aliphatic heterocycles. The maximum Gasteiger partial charge on any atom is 0.0541 e. The largest absolute Gasteiger partial charge is 0.313 e. The molecule has 1 atom stereocenters. The fourth-order valence-corrected chi connectivity index (χ4v) is 7.36. The number of allylic oxidation sites excluding steroid dienone is 1. The summed E-state index contributed by atoms with van der Waals surface area (Å²) in [5.41, 5.74) is 11.6. The molecule has 0 radical (unpaired) electrons. The Morgan fingerprint density at radius 3 is 1.77 bits per heavy atom. The first kappa shape index (κ1) is 24.3. The van der Waals surface area contributed by atoms with E-state index in [1.165, 1.54) is 77.2 Å². The Bertz CT molecular complexity index is 2330. The van der Waals surface area contributed by atoms with Crippen LogP contribution in [0.4, 0.5) is 0 Å². The van der Waals surface area contributed by atoms with Crippen molar-refractivity contribution in [3.8, 4) is 11.4 Å². The lowest BCUT2D eigenvalue weighted by Gasteiger charge is -2.24. The maximum absolute atomic E-state index is 2.49. The summed E-state index contributed by atoms with van der Waals surface area (Å²) in [6.45, 7) is 2.37. The molecule has 2 heteroatoms. The molecule has 0 saturated heterocycles. The van der Waals surface area contributed by atoms with E-state index in [2.05, 4.69) is 162 Å². The molecule has 0 saturated carbocycles. The van der Waals surface area contributed by atoms with E-state index in [0.717, 1.165) is 6.42 Å². The third kappa shape index (κ3) is 3.66. The lowest BCUT2D eigenvalue weighted by molar-refractivity contribution is 0.708. The van der Waals surface area contributed by atoms with E-state index < -0.39 is 0 Å². The molecule has 0 N–H and O–H groups in total. The first-order valence-corrected chi connectivity index (χ1v) is 15.2. The summed E-state index contributed by atoms with van der Waals surface area (Å²) < 4.78 is 4.88. The summed E-state index contributed by atoms with van der Waals surface area (Å²) in [7, 11) is 0. The van der Waals surface area contributed by atoms with Gasteiger partial charge in [-0.3, -0.25) is 0 Å². The quantitative estimate of drug-likeness (QED) is 0.207. The van der Waals surface area contributed by atoms with Crippen molar-refractivity contribution in [1.82, 2.24) is 9.13 Å². The lowest BCUT2D eigenvalue weighted by atomic mass is 9.83. The van der Waals surface area contributed by atoms with Crippen LogP contribution in [0.2, 0.25) is 0 Å². The number of hydrogen-bond acceptors (Lipinski definition) is 0. The smallest absolute Gasteiger partial charge is 0.0541 e. The zero-order valence-corrected chi connectivity index (χ0v) is 24.0. The molecule has 1 aliphatic rings. The van der Waals surface area contributed by atoms with Crippen LogP contribution in [-0.4, -0.2) is 9.13 Å². The van der Waals surface area contributed by atoms with Gasteiger partial charge in [-0.25, -0.2) is 0 Å². The zero-order chi connectivity index (χ0) is 28.5. The van der Waals surface area contributed by atoms with Crippen LogP contribution in [0.5, 0.6) is 0 Å². The highest BCUT2D eigenvalue weighted by molar-refractivity contribution is 6.09. The topological polar surface area (TPSA) is 9.86 Å². The summed E-state index contributed by atoms with van der Waals surface area (Å²) in [5.74, 6) is 0.398. The molecule has 0 spiro atoms. The van der Waals surface area contributed by atoms with Crippen molar-refractivity contribution < 1.29 is 0 Å². The van der Waals surface area contributed by atoms with E-state index in [9.17, 15) is 0 Å². The van der Waals surface area contributed by atoms with Gasteiger partial charge in [0.15, 0.2) is 0 Å². The van der Waals surface area contributed by atoms with Crippen molar-refractivity contribution in [2.75, 3.05) is 0 Å². The third-order valence-electron chi connectivity index (χ3n) is 9.38. The Morgan fingerprint density at radius 1 is 0.512 bits per heavy atom. The van der Waals surface area contributed by atoms with Gasteiger partial charge in [0.2, 0.25) is 0 Å². The van der Waals surface area contributed by atoms with E-state index in [4.69, 9.17) is 0 Å². The Kier molecular flexibility index (Phi) is 5.27. The standard InChI is InChI=1S/C41H30N2/c1-27-24-41-37(35-14-6-9-17-40(35)43(41)32-23-18-28-10-2-3-11-30(28)25-32)26-36(27)29-19-21-31(22-20-29)42-38-15-7-4-12-33(38)34-13-5-8-16-39(34)42/h2-23,25-27H,24H2,1H3. The normalized spacial score (nSPS) is 14.9. The molecule has 204 valence electrons. The molecule has 43 heavy (non-hydrogen) atoms. The molecule has 2 aromatic heterocycles. The summed E-state index contributed by atoms with van der Waals surface area (Å²) in [6.07, 6.45) is 3.45. The maximum atomic E-state index is 2.49. The Balaban J connectivity index is 1.17. The molecule has 1 aliphatic carbocycles. The van der Waals surface area contributed by atoms with Crippen LogP contribution in [0, 0.1) is 5.92 Å². The molecule has 0 bridgehead atoms. The van der Waals surface area contributed by atoms with E-state index in [0.29, 0.717) is 5.92 Å². The van der Waals surface area contributed by atoms with Gasteiger partial charge in [-0.05, 0) is 82.8 Å². The molecule has 9 rings (SSSR count). The van der Waals surface area contributed by atoms with Crippen LogP contribution >= 0.6 is 0 Å². The minimum Gasteiger partial charge on any atom is -0.313 e. The highest BCUT2D eigenvalue weighted by Gasteiger charge is 2.26. The average molecular weight is 551 g/mol. The molecule has 2 heterocycles. The second-order valence-electron chi connectivity index (χ2n) is 11.9. The first-order chi connectivity index (χ1) is 21.2. The number of fused-ring (bicyclic) bond motifs is 7. The number of benzene rings is 6. The number of aromatic nitrogens is 2. The fourth-order valence-electron chi connectivity index (χ4n) is 7.36. The highest BCUT2D eigenvalue weighted by Crippen LogP contribution is 2.42. The molecule has 6 aromatic carbocycles. The molecular formula is C41H30N2. The molecular weight excluding hydrogens is 520 g/mol. The van der Waals surface area contributed by atoms with E-state index in [1.807, 2.05) is 0 Å². The van der Waals surface area contributed by atoms with Gasteiger partial charge >= 0.3 is 0 Å². The van der Waals surface area contributed by atoms with Crippen LogP contribution in [0.3, 0.4) is 0 Å². The van der Waals surface area contributed by atoms with Gasteiger partial charge in [-0.1, -0.05) is 104 Å². The van der Waals surface area contributed by atoms with Crippen LogP contribution in [0.1, 0.15) is 23.7 Å². The Hall–Kier alpha value is -5.34. The van der Waals surface area contributed by atoms with Crippen LogP contribution in [-0.2, 0) is 6.42 Å². The summed E-state index contributed by atoms with van der Waals surface area (Å²) in [6, 6.07) is 51.0. The first-order valence-electron chi connectivity index (χ1n) is 15.2. The molecule has 0 fully saturated rings. The van der Waals surface area contributed by atoms with E-state index in [1.54, 1.807) is 0 Å². The lowest BCUT2D eigenvalue weighted by Crippen LogP contribution is -2.12. The van der Waals surface area contributed by atoms with Gasteiger partial charge in [0.05, 0.1) is 16.6 Å². The van der Waals surface area contributed by atoms with Crippen molar-refractivity contribution in [2.45, 2.75) is 13.3 Å². The zero-order valence-electron chi connectivity index (χ0n) is 24.0. The summed E-state index contributed by atoms with van der Waals surface area (Å²) >= 11 is 0. The van der Waals surface area contributed by atoms with Crippen molar-refractivity contribution in [1.29, 1.82) is 0 Å². The second kappa shape index (κ2) is 9.34. The van der Waals surface area contributed by atoms with E-state index in [-0.39, 0.29) is 0 Å². The fraction of sp³-hybridized carbons (Fsp3) is 0.0732. The molecule has 8 aromatic rings. The highest BCUT2D eigenvalue weighted by atomic mass is 15.0. The van der Waals surface area contributed by atoms with Crippen molar-refractivity contribution in [2.24, 2.45) is 5.92 Å². The van der Waals surface area contributed by atoms with Crippen LogP contribution < -0.4 is 0 Å². The average Bonchev–Trinajstić information content (AvgIpc) is 3.57. The minimum absolute atomic E-state index is 0.398. The summed E-state index contributed by atoms with van der Waals surface area (Å²) in [4.78, 5) is 0. The van der Waals surface area contributed by atoms with Gasteiger partial charge in [-0.2, -0.15) is 0 Å². The number of para-hydroxylation sites is 3. The van der Waals surface area contributed by atoms with Gasteiger partial charge < -0.3 is 9.13 Å². The molecule has 0 amide bonds. The van der Waals surface area contributed by atoms with Gasteiger partial charge in [0.25, 0.3) is 0 Å². The summed E-state index contributed by atoms with van der Waals surface area (Å²) in [5, 5.41) is 6.45. The van der Waals surface area contributed by atoms with Gasteiger partial charge in [0, 0.05) is 38.8 Å². The van der Waals surface area contributed by atoms with Crippen molar-refractivity contribution >= 4 is 55.1 Å². The SMILES string of the molecule is CC1Cc2c(c3ccccc3n2-c2ccc3ccccc3c2)C=C1c1ccc(-n2c3ccccc3c3ccccc32)cc1. The molecule has 1 unspecified atom stereocenters. The Labute approximate surface area is 250 Å². The predicted octanol–water partition coefficient (Wildman–Crippen LogP) is 10.6. The minimum atomic E-state index is 0.398. The molecule has 2 nitrogen and oxygen atoms in total. The van der Waals surface area contributed by atoms with E-state index >= 15 is 0 Å². The van der Waals surface area contributed by atoms with Crippen molar-refractivity contribution in [3.63, 3.8) is 0 Å².